The first kappa shape index (κ1) is 83.0. The van der Waals surface area contributed by atoms with Crippen molar-refractivity contribution in [3.63, 3.8) is 0 Å². The average molecular weight is 1670 g/mol. The molecule has 0 saturated heterocycles. The fourth-order valence-corrected chi connectivity index (χ4v) is 20.0. The highest BCUT2D eigenvalue weighted by Crippen LogP contribution is 2.57. The van der Waals surface area contributed by atoms with Gasteiger partial charge >= 0.3 is 0 Å². The van der Waals surface area contributed by atoms with Crippen LogP contribution in [0.25, 0.3) is 138 Å². The van der Waals surface area contributed by atoms with Crippen molar-refractivity contribution in [2.24, 2.45) is 0 Å². The first-order valence-electron chi connectivity index (χ1n) is 45.6. The van der Waals surface area contributed by atoms with E-state index in [0.29, 0.717) is 11.3 Å². The van der Waals surface area contributed by atoms with Gasteiger partial charge in [-0.1, -0.05) is 337 Å². The van der Waals surface area contributed by atoms with Crippen LogP contribution in [-0.2, 0) is 32.5 Å². The van der Waals surface area contributed by atoms with Crippen LogP contribution in [0.15, 0.2) is 334 Å². The highest BCUT2D eigenvalue weighted by atomic mass is 15.2. The number of hydrogen-bond acceptors (Lipinski definition) is 3. The Bertz CT molecular complexity index is 7040. The van der Waals surface area contributed by atoms with Gasteiger partial charge in [0.2, 0.25) is 0 Å². The fraction of sp³-hybridized carbons (Fsp3) is 0.197. The monoisotopic (exact) mass is 1670 g/mol. The Kier molecular flexibility index (Phi) is 19.8. The fourth-order valence-electron chi connectivity index (χ4n) is 20.0. The third kappa shape index (κ3) is 14.6. The molecule has 4 heterocycles. The lowest BCUT2D eigenvalue weighted by molar-refractivity contribution is 0.590. The zero-order valence-corrected chi connectivity index (χ0v) is 77.5. The van der Waals surface area contributed by atoms with Gasteiger partial charge in [-0.15, -0.1) is 0 Å². The Morgan fingerprint density at radius 3 is 0.853 bits per heavy atom. The normalized spacial score (nSPS) is 13.0. The van der Waals surface area contributed by atoms with Gasteiger partial charge < -0.3 is 18.9 Å². The molecule has 2 aliphatic heterocycles. The van der Waals surface area contributed by atoms with Crippen molar-refractivity contribution in [3.8, 4) is 95.3 Å². The van der Waals surface area contributed by atoms with Gasteiger partial charge in [0.15, 0.2) is 5.69 Å². The molecule has 7 heteroatoms. The summed E-state index contributed by atoms with van der Waals surface area (Å²) >= 11 is 0. The molecule has 0 atom stereocenters. The van der Waals surface area contributed by atoms with Crippen LogP contribution in [0.4, 0.5) is 39.8 Å². The summed E-state index contributed by atoms with van der Waals surface area (Å²) in [6.45, 7) is 49.5. The van der Waals surface area contributed by atoms with Crippen molar-refractivity contribution in [2.45, 2.75) is 157 Å². The Labute approximate surface area is 762 Å². The summed E-state index contributed by atoms with van der Waals surface area (Å²) in [5.74, 6) is 0. The van der Waals surface area contributed by atoms with Gasteiger partial charge in [0.1, 0.15) is 0 Å². The molecule has 0 radical (unpaired) electrons. The predicted octanol–water partition coefficient (Wildman–Crippen LogP) is 31.8. The van der Waals surface area contributed by atoms with E-state index in [1.807, 2.05) is 24.3 Å². The van der Waals surface area contributed by atoms with Crippen molar-refractivity contribution < 1.29 is 0 Å². The van der Waals surface area contributed by atoms with Crippen molar-refractivity contribution in [1.82, 2.24) is 9.13 Å². The molecule has 0 bridgehead atoms. The Morgan fingerprint density at radius 1 is 0.264 bits per heavy atom. The van der Waals surface area contributed by atoms with Crippen LogP contribution in [0.1, 0.15) is 164 Å². The van der Waals surface area contributed by atoms with Crippen molar-refractivity contribution >= 4 is 107 Å². The van der Waals surface area contributed by atoms with Gasteiger partial charge in [0.05, 0.1) is 51.6 Å². The number of anilines is 6. The van der Waals surface area contributed by atoms with Crippen LogP contribution in [-0.4, -0.2) is 15.8 Å². The zero-order valence-electron chi connectivity index (χ0n) is 77.5. The highest BCUT2D eigenvalue weighted by Gasteiger charge is 2.47. The van der Waals surface area contributed by atoms with E-state index < -0.39 is 0 Å². The Morgan fingerprint density at radius 2 is 0.543 bits per heavy atom. The molecule has 0 aliphatic carbocycles. The molecule has 0 unspecified atom stereocenters. The number of hydrogen-bond donors (Lipinski definition) is 0. The van der Waals surface area contributed by atoms with Crippen LogP contribution in [0.5, 0.6) is 0 Å². The maximum absolute atomic E-state index is 10.4. The maximum atomic E-state index is 10.4. The second kappa shape index (κ2) is 30.8. The largest absolute Gasteiger partial charge is 0.310 e. The summed E-state index contributed by atoms with van der Waals surface area (Å²) in [6, 6.07) is 129. The van der Waals surface area contributed by atoms with Gasteiger partial charge in [-0.3, -0.25) is 0 Å². The van der Waals surface area contributed by atoms with Crippen LogP contribution in [0, 0.1) is 17.9 Å². The first-order valence-corrected chi connectivity index (χ1v) is 45.6. The van der Waals surface area contributed by atoms with Crippen molar-refractivity contribution in [2.75, 3.05) is 9.80 Å². The van der Waals surface area contributed by atoms with E-state index in [4.69, 9.17) is 6.57 Å². The Hall–Kier alpha value is -14.2. The SMILES string of the molecule is [C-]#[N+]c1ccc(-c2cc(-c3ccccc3)c(N3c4cc(-n5c6ccc(C(C)(C)C)cc6c6cc(C(C)(C)C)ccc65)ccc4B4c5ccc(-n6c7ccc(C(C)(C)C)cc7c7cc(C(C)(C)C)ccc76)cc5N(c5c(-c6ccccc6)cc(-c6ccc(C#N)cc6)cc5-c5ccc(C(C)(C)C)cc5)c5cc(-c6ccccc6)cc3c54)c(-c3ccc(C(C)(C)C)cc3)c2)cc1. The molecule has 0 N–H and O–H groups in total. The predicted molar refractivity (Wildman–Crippen MR) is 550 cm³/mol. The number of nitriles is 1. The molecule has 630 valence electrons. The number of aromatic nitrogens is 2. The van der Waals surface area contributed by atoms with Crippen LogP contribution >= 0.6 is 0 Å². The van der Waals surface area contributed by atoms with E-state index >= 15 is 0 Å². The summed E-state index contributed by atoms with van der Waals surface area (Å²) in [7, 11) is 0. The van der Waals surface area contributed by atoms with E-state index in [1.165, 1.54) is 54.9 Å². The lowest BCUT2D eigenvalue weighted by Crippen LogP contribution is -2.61. The molecular formula is C122H109BN6. The van der Waals surface area contributed by atoms with E-state index in [0.717, 1.165) is 162 Å². The molecule has 0 amide bonds. The van der Waals surface area contributed by atoms with Crippen LogP contribution < -0.4 is 26.2 Å². The van der Waals surface area contributed by atoms with Gasteiger partial charge in [0.25, 0.3) is 6.71 Å². The minimum absolute atomic E-state index is 0.111. The molecule has 2 aliphatic rings. The maximum Gasteiger partial charge on any atom is 0.252 e. The second-order valence-electron chi connectivity index (χ2n) is 42.1. The third-order valence-corrected chi connectivity index (χ3v) is 27.3. The molecule has 129 heavy (non-hydrogen) atoms. The van der Waals surface area contributed by atoms with Gasteiger partial charge in [-0.25, -0.2) is 4.85 Å². The summed E-state index contributed by atoms with van der Waals surface area (Å²) in [6.07, 6.45) is 0. The molecule has 20 rings (SSSR count). The topological polar surface area (TPSA) is 44.5 Å². The van der Waals surface area contributed by atoms with E-state index in [2.05, 4.69) is 464 Å². The minimum atomic E-state index is -0.383. The lowest BCUT2D eigenvalue weighted by atomic mass is 9.33. The highest BCUT2D eigenvalue weighted by molar-refractivity contribution is 7.00. The Balaban J connectivity index is 0.987. The number of nitrogens with zero attached hydrogens (tertiary/aromatic N) is 6. The summed E-state index contributed by atoms with van der Waals surface area (Å²) < 4.78 is 5.10. The molecule has 0 spiro atoms. The average Bonchev–Trinajstić information content (AvgIpc) is 1.04. The molecule has 2 aromatic heterocycles. The number of rotatable bonds is 11. The van der Waals surface area contributed by atoms with Gasteiger partial charge in [-0.05, 0) is 259 Å². The van der Waals surface area contributed by atoms with Crippen molar-refractivity contribution in [1.29, 1.82) is 5.26 Å². The van der Waals surface area contributed by atoms with E-state index in [9.17, 15) is 5.26 Å². The third-order valence-electron chi connectivity index (χ3n) is 27.3. The van der Waals surface area contributed by atoms with E-state index in [1.54, 1.807) is 0 Å². The molecular weight excluding hydrogens is 1560 g/mol. The van der Waals surface area contributed by atoms with Crippen LogP contribution in [0.3, 0.4) is 0 Å². The minimum Gasteiger partial charge on any atom is -0.310 e. The summed E-state index contributed by atoms with van der Waals surface area (Å²) in [4.78, 5) is 9.33. The lowest BCUT2D eigenvalue weighted by Gasteiger charge is -2.46. The number of fused-ring (bicyclic) bond motifs is 10. The van der Waals surface area contributed by atoms with Crippen LogP contribution in [0.2, 0.25) is 0 Å². The summed E-state index contributed by atoms with van der Waals surface area (Å²) in [5, 5.41) is 15.3. The number of benzene rings is 16. The molecule has 6 nitrogen and oxygen atoms in total. The zero-order chi connectivity index (χ0) is 89.9. The molecule has 16 aromatic carbocycles. The first-order chi connectivity index (χ1) is 61.6. The van der Waals surface area contributed by atoms with E-state index in [-0.39, 0.29) is 39.2 Å². The molecule has 0 saturated carbocycles. The molecule has 18 aromatic rings. The second-order valence-corrected chi connectivity index (χ2v) is 42.1. The summed E-state index contributed by atoms with van der Waals surface area (Å²) in [5.41, 5.74) is 39.2. The quantitative estimate of drug-likeness (QED) is 0.0958. The molecule has 0 fully saturated rings. The smallest absolute Gasteiger partial charge is 0.252 e. The standard InChI is InChI=1S/C122H109BN6/c1-117(2,3)87-45-39-82(40-46-87)98-65-84(78-37-35-76(75-124)36-38-78)63-96(80-31-25-21-26-32-80)115(98)128-110-73-94(126-106-59-49-89(119(7,8)9)69-100(106)101-70-90(120(10,11)12)50-60-107(101)126)55-57-104(110)123-105-58-56-95(127-108-61-51-91(121(13,14)15)71-102(108)103-72-92(122(16,17)18)52-62-109(103)127)74-111(105)129(113-68-86(67-112(128)114(113)123)77-29-23-20-24-30-77)116-97(81-33-27-22-28-34-81)64-85(79-43-53-93(125-19)54-44-79)66-99(116)83-41-47-88(48-42-83)118(4,5)6/h20-74H,1-18H3. The van der Waals surface area contributed by atoms with Gasteiger partial charge in [0, 0.05) is 77.9 Å². The van der Waals surface area contributed by atoms with Gasteiger partial charge in [-0.2, -0.15) is 5.26 Å². The van der Waals surface area contributed by atoms with Crippen molar-refractivity contribution in [3.05, 3.63) is 384 Å².